The van der Waals surface area contributed by atoms with Gasteiger partial charge in [0.1, 0.15) is 11.4 Å². The average molecular weight is 471 g/mol. The summed E-state index contributed by atoms with van der Waals surface area (Å²) < 4.78 is 98.7. The maximum Gasteiger partial charge on any atom is 0.673 e. The van der Waals surface area contributed by atoms with Crippen LogP contribution >= 0.6 is 11.9 Å². The number of ether oxygens (including phenoxy) is 1. The normalized spacial score (nSPS) is 13.5. The molecule has 3 aromatic rings. The highest BCUT2D eigenvalue weighted by atomic mass is 32.2. The number of rotatable bonds is 4. The van der Waals surface area contributed by atoms with E-state index in [9.17, 15) is 34.8 Å². The second-order valence-corrected chi connectivity index (χ2v) is 7.35. The van der Waals surface area contributed by atoms with Crippen molar-refractivity contribution in [3.8, 4) is 11.7 Å². The first-order chi connectivity index (χ1) is 14.4. The first-order valence-corrected chi connectivity index (χ1v) is 9.64. The summed E-state index contributed by atoms with van der Waals surface area (Å²) in [5.74, 6) is -2.74. The number of aromatic nitrogens is 3. The number of alkyl halides is 4. The first-order valence-electron chi connectivity index (χ1n) is 8.70. The summed E-state index contributed by atoms with van der Waals surface area (Å²) in [6, 6.07) is 9.23. The van der Waals surface area contributed by atoms with Crippen LogP contribution in [0.5, 0.6) is 5.75 Å². The minimum atomic E-state index is -6.00. The second-order valence-electron chi connectivity index (χ2n) is 6.44. The molecule has 168 valence electrons. The quantitative estimate of drug-likeness (QED) is 0.298. The van der Waals surface area contributed by atoms with Crippen LogP contribution in [0.1, 0.15) is 11.3 Å². The van der Waals surface area contributed by atoms with Crippen LogP contribution in [-0.4, -0.2) is 35.2 Å². The van der Waals surface area contributed by atoms with Gasteiger partial charge in [0.25, 0.3) is 0 Å². The fourth-order valence-electron chi connectivity index (χ4n) is 2.83. The third kappa shape index (κ3) is 5.22. The van der Waals surface area contributed by atoms with Gasteiger partial charge < -0.3 is 22.0 Å². The maximum atomic E-state index is 13.1. The molecule has 0 unspecified atom stereocenters. The zero-order chi connectivity index (χ0) is 23.0. The first kappa shape index (κ1) is 23.2. The molecule has 0 radical (unpaired) electrons. The Bertz CT molecular complexity index is 1080. The van der Waals surface area contributed by atoms with Crippen molar-refractivity contribution in [2.75, 3.05) is 6.61 Å². The van der Waals surface area contributed by atoms with Crippen molar-refractivity contribution in [3.05, 3.63) is 47.8 Å². The molecule has 4 rings (SSSR count). The average Bonchev–Trinajstić information content (AvgIpc) is 3.05. The number of hydrogen-bond donors (Lipinski definition) is 0. The van der Waals surface area contributed by atoms with Gasteiger partial charge in [-0.15, -0.1) is 0 Å². The van der Waals surface area contributed by atoms with Gasteiger partial charge in [0, 0.05) is 23.6 Å². The highest BCUT2D eigenvalue weighted by molar-refractivity contribution is 7.97. The van der Waals surface area contributed by atoms with Crippen molar-refractivity contribution >= 4 is 30.2 Å². The van der Waals surface area contributed by atoms with E-state index in [1.54, 1.807) is 13.1 Å². The summed E-state index contributed by atoms with van der Waals surface area (Å²) in [5, 5.41) is 0. The topological polar surface area (TPSA) is 30.9 Å². The van der Waals surface area contributed by atoms with Crippen molar-refractivity contribution in [3.63, 3.8) is 0 Å². The van der Waals surface area contributed by atoms with E-state index in [4.69, 9.17) is 4.74 Å². The van der Waals surface area contributed by atoms with Crippen LogP contribution in [0.25, 0.3) is 17.0 Å². The van der Waals surface area contributed by atoms with Crippen LogP contribution in [0.4, 0.5) is 34.8 Å². The van der Waals surface area contributed by atoms with E-state index in [1.807, 2.05) is 32.8 Å². The van der Waals surface area contributed by atoms with Gasteiger partial charge in [-0.25, -0.2) is 13.3 Å². The molecule has 0 aliphatic carbocycles. The van der Waals surface area contributed by atoms with Gasteiger partial charge in [-0.2, -0.15) is 12.8 Å². The second kappa shape index (κ2) is 8.56. The summed E-state index contributed by atoms with van der Waals surface area (Å²) in [7, 11) is -6.00. The van der Waals surface area contributed by atoms with Crippen LogP contribution in [0, 0.1) is 6.92 Å². The van der Waals surface area contributed by atoms with Gasteiger partial charge in [0.15, 0.2) is 17.6 Å². The fourth-order valence-corrected chi connectivity index (χ4v) is 3.98. The third-order valence-corrected chi connectivity index (χ3v) is 5.28. The van der Waals surface area contributed by atoms with Gasteiger partial charge in [0.05, 0.1) is 11.9 Å². The Kier molecular flexibility index (Phi) is 6.39. The molecular formula is C17H14BF8N3OS. The Morgan fingerprint density at radius 1 is 1.19 bits per heavy atom. The summed E-state index contributed by atoms with van der Waals surface area (Å²) in [5.41, 5.74) is 3.30. The summed E-state index contributed by atoms with van der Waals surface area (Å²) in [4.78, 5) is 4.62. The maximum absolute atomic E-state index is 13.1. The predicted molar refractivity (Wildman–Crippen MR) is 99.3 cm³/mol. The molecule has 2 aromatic heterocycles. The minimum absolute atomic E-state index is 0.168. The van der Waals surface area contributed by atoms with Gasteiger partial charge in [-0.1, -0.05) is 17.1 Å². The largest absolute Gasteiger partial charge is 0.673 e. The van der Waals surface area contributed by atoms with Crippen molar-refractivity contribution in [2.24, 2.45) is 0 Å². The Balaban J connectivity index is 0.000000491. The summed E-state index contributed by atoms with van der Waals surface area (Å²) in [6.45, 7) is 0.362. The molecule has 0 saturated carbocycles. The van der Waals surface area contributed by atoms with Crippen LogP contribution in [0.15, 0.2) is 36.5 Å². The van der Waals surface area contributed by atoms with E-state index in [2.05, 4.69) is 4.98 Å². The Morgan fingerprint density at radius 2 is 1.84 bits per heavy atom. The molecule has 0 amide bonds. The SMILES string of the molecule is Cc1c(OCC(F)(F)C(F)F)cc[n+]2c1CSn1c-2nc2ccccc21.F[B-](F)(F)F. The monoisotopic (exact) mass is 471 g/mol. The number of benzene rings is 1. The molecule has 14 heteroatoms. The lowest BCUT2D eigenvalue weighted by molar-refractivity contribution is -0.612. The Hall–Kier alpha value is -2.51. The van der Waals surface area contributed by atoms with Gasteiger partial charge in [-0.3, -0.25) is 0 Å². The van der Waals surface area contributed by atoms with Gasteiger partial charge in [0.2, 0.25) is 0 Å². The molecule has 31 heavy (non-hydrogen) atoms. The number of halogens is 8. The van der Waals surface area contributed by atoms with Crippen molar-refractivity contribution in [2.45, 2.75) is 25.0 Å². The fraction of sp³-hybridized carbons (Fsp3) is 0.294. The van der Waals surface area contributed by atoms with E-state index in [0.717, 1.165) is 16.7 Å². The number of pyridine rings is 1. The van der Waals surface area contributed by atoms with Gasteiger partial charge >= 0.3 is 25.6 Å². The van der Waals surface area contributed by atoms with Crippen LogP contribution < -0.4 is 9.30 Å². The van der Waals surface area contributed by atoms with E-state index in [-0.39, 0.29) is 5.75 Å². The molecule has 1 aromatic carbocycles. The zero-order valence-electron chi connectivity index (χ0n) is 15.7. The number of hydrogen-bond acceptors (Lipinski definition) is 3. The highest BCUT2D eigenvalue weighted by Gasteiger charge is 2.42. The van der Waals surface area contributed by atoms with Gasteiger partial charge in [-0.05, 0) is 19.1 Å². The van der Waals surface area contributed by atoms with Crippen LogP contribution in [-0.2, 0) is 5.75 Å². The summed E-state index contributed by atoms with van der Waals surface area (Å²) in [6.07, 6.45) is -2.10. The van der Waals surface area contributed by atoms with Crippen molar-refractivity contribution in [1.82, 2.24) is 8.96 Å². The number of nitrogens with zero attached hydrogens (tertiary/aromatic N) is 3. The van der Waals surface area contributed by atoms with E-state index >= 15 is 0 Å². The molecule has 0 bridgehead atoms. The number of fused-ring (bicyclic) bond motifs is 5. The molecular weight excluding hydrogens is 457 g/mol. The van der Waals surface area contributed by atoms with E-state index in [1.165, 1.54) is 18.0 Å². The lowest BCUT2D eigenvalue weighted by Gasteiger charge is -2.20. The molecule has 0 N–H and O–H groups in total. The third-order valence-electron chi connectivity index (χ3n) is 4.26. The van der Waals surface area contributed by atoms with Crippen molar-refractivity contribution in [1.29, 1.82) is 0 Å². The highest BCUT2D eigenvalue weighted by Crippen LogP contribution is 2.32. The van der Waals surface area contributed by atoms with Crippen LogP contribution in [0.3, 0.4) is 0 Å². The zero-order valence-corrected chi connectivity index (χ0v) is 16.5. The van der Waals surface area contributed by atoms with Crippen LogP contribution in [0.2, 0.25) is 0 Å². The summed E-state index contributed by atoms with van der Waals surface area (Å²) >= 11 is 1.53. The molecule has 1 aliphatic heterocycles. The molecule has 0 spiro atoms. The molecule has 4 nitrogen and oxygen atoms in total. The smallest absolute Gasteiger partial charge is 0.487 e. The molecule has 1 aliphatic rings. The number of imidazole rings is 1. The molecule has 0 atom stereocenters. The molecule has 3 heterocycles. The Labute approximate surface area is 175 Å². The van der Waals surface area contributed by atoms with Crippen molar-refractivity contribution < 1.29 is 44.1 Å². The molecule has 0 fully saturated rings. The number of para-hydroxylation sites is 2. The standard InChI is InChI=1S/C17H14F4N3OS.BF4/c1-10-13-8-26-24-12-5-3-2-4-11(12)22-16(24)23(13)7-6-14(10)25-9-17(20,21)15(18)19;2-1(3,4)5/h2-7,15H,8-9H2,1H3;/q+1;-1. The molecule has 0 saturated heterocycles. The lowest BCUT2D eigenvalue weighted by Crippen LogP contribution is -2.41. The Morgan fingerprint density at radius 3 is 2.48 bits per heavy atom. The minimum Gasteiger partial charge on any atom is -0.487 e. The lowest BCUT2D eigenvalue weighted by atomic mass is 10.2. The van der Waals surface area contributed by atoms with E-state index < -0.39 is 26.2 Å². The van der Waals surface area contributed by atoms with E-state index in [0.29, 0.717) is 17.3 Å². The predicted octanol–water partition coefficient (Wildman–Crippen LogP) is 5.21.